The molecule has 2 N–H and O–H groups in total. The lowest BCUT2D eigenvalue weighted by Crippen LogP contribution is -2.41. The maximum atomic E-state index is 11.4. The number of amides is 1. The highest BCUT2D eigenvalue weighted by Gasteiger charge is 2.41. The summed E-state index contributed by atoms with van der Waals surface area (Å²) >= 11 is 0. The predicted octanol–water partition coefficient (Wildman–Crippen LogP) is 0.794. The van der Waals surface area contributed by atoms with Crippen molar-refractivity contribution in [3.8, 4) is 6.07 Å². The summed E-state index contributed by atoms with van der Waals surface area (Å²) in [5.74, 6) is 1.65. The molecule has 0 radical (unpaired) electrons. The van der Waals surface area contributed by atoms with Gasteiger partial charge in [0.2, 0.25) is 5.91 Å². The van der Waals surface area contributed by atoms with Crippen LogP contribution in [0, 0.1) is 23.2 Å². The van der Waals surface area contributed by atoms with Gasteiger partial charge in [-0.2, -0.15) is 5.26 Å². The summed E-state index contributed by atoms with van der Waals surface area (Å²) in [6.45, 7) is 0.873. The van der Waals surface area contributed by atoms with Crippen LogP contribution >= 0.6 is 0 Å². The molecule has 0 aromatic heterocycles. The highest BCUT2D eigenvalue weighted by molar-refractivity contribution is 5.78. The molecule has 0 bridgehead atoms. The Bertz CT molecular complexity index is 277. The maximum Gasteiger partial charge on any atom is 0.233 e. The van der Waals surface area contributed by atoms with Gasteiger partial charge in [-0.1, -0.05) is 0 Å². The zero-order valence-corrected chi connectivity index (χ0v) is 9.54. The number of nitrogens with one attached hydrogen (secondary N) is 2. The molecule has 2 fully saturated rings. The van der Waals surface area contributed by atoms with Crippen LogP contribution in [0.4, 0.5) is 0 Å². The van der Waals surface area contributed by atoms with Gasteiger partial charge in [-0.25, -0.2) is 0 Å². The highest BCUT2D eigenvalue weighted by atomic mass is 16.1. The van der Waals surface area contributed by atoms with Gasteiger partial charge in [0, 0.05) is 12.6 Å². The summed E-state index contributed by atoms with van der Waals surface area (Å²) < 4.78 is 0. The zero-order valence-electron chi connectivity index (χ0n) is 9.54. The average Bonchev–Trinajstić information content (AvgIpc) is 3.13. The molecule has 4 nitrogen and oxygen atoms in total. The fraction of sp³-hybridized carbons (Fsp3) is 0.833. The minimum absolute atomic E-state index is 0.0153. The number of carbonyl (C=O) groups excluding carboxylic acids is 1. The van der Waals surface area contributed by atoms with E-state index in [1.807, 2.05) is 6.07 Å². The molecule has 0 unspecified atom stereocenters. The molecule has 1 amide bonds. The van der Waals surface area contributed by atoms with Crippen molar-refractivity contribution in [3.63, 3.8) is 0 Å². The predicted molar refractivity (Wildman–Crippen MR) is 60.5 cm³/mol. The Balaban J connectivity index is 1.61. The summed E-state index contributed by atoms with van der Waals surface area (Å²) in [5, 5.41) is 14.5. The molecular formula is C12H19N3O. The second-order valence-electron chi connectivity index (χ2n) is 4.84. The molecule has 0 spiro atoms. The molecule has 0 aromatic carbocycles. The van der Waals surface area contributed by atoms with Gasteiger partial charge >= 0.3 is 0 Å². The van der Waals surface area contributed by atoms with E-state index < -0.39 is 0 Å². The SMILES string of the molecule is N#CCCNC(=O)CNC(C1CC1)C1CC1. The topological polar surface area (TPSA) is 64.9 Å². The Morgan fingerprint density at radius 3 is 2.44 bits per heavy atom. The third-order valence-corrected chi connectivity index (χ3v) is 3.32. The van der Waals surface area contributed by atoms with E-state index in [2.05, 4.69) is 10.6 Å². The van der Waals surface area contributed by atoms with E-state index >= 15 is 0 Å². The number of hydrogen-bond donors (Lipinski definition) is 2. The molecule has 2 rings (SSSR count). The molecule has 4 heteroatoms. The zero-order chi connectivity index (χ0) is 11.4. The second kappa shape index (κ2) is 5.31. The van der Waals surface area contributed by atoms with E-state index in [4.69, 9.17) is 5.26 Å². The number of nitriles is 1. The van der Waals surface area contributed by atoms with Crippen molar-refractivity contribution in [2.75, 3.05) is 13.1 Å². The summed E-state index contributed by atoms with van der Waals surface area (Å²) in [4.78, 5) is 11.4. The van der Waals surface area contributed by atoms with Gasteiger partial charge in [0.15, 0.2) is 0 Å². The molecular weight excluding hydrogens is 202 g/mol. The Morgan fingerprint density at radius 2 is 1.94 bits per heavy atom. The number of carbonyl (C=O) groups is 1. The molecule has 0 aliphatic heterocycles. The first-order valence-corrected chi connectivity index (χ1v) is 6.18. The van der Waals surface area contributed by atoms with Crippen LogP contribution in [0.5, 0.6) is 0 Å². The molecule has 0 heterocycles. The second-order valence-corrected chi connectivity index (χ2v) is 4.84. The van der Waals surface area contributed by atoms with Crippen LogP contribution in [-0.2, 0) is 4.79 Å². The molecule has 2 saturated carbocycles. The molecule has 2 aliphatic carbocycles. The standard InChI is InChI=1S/C12H19N3O/c13-6-1-7-14-11(16)8-15-12(9-2-3-9)10-4-5-10/h9-10,12,15H,1-5,7-8H2,(H,14,16). The lowest BCUT2D eigenvalue weighted by atomic mass is 10.1. The van der Waals surface area contributed by atoms with Gasteiger partial charge in [-0.15, -0.1) is 0 Å². The van der Waals surface area contributed by atoms with Crippen molar-refractivity contribution in [1.82, 2.24) is 10.6 Å². The van der Waals surface area contributed by atoms with Crippen LogP contribution < -0.4 is 10.6 Å². The molecule has 0 atom stereocenters. The Hall–Kier alpha value is -1.08. The third-order valence-electron chi connectivity index (χ3n) is 3.32. The van der Waals surface area contributed by atoms with Gasteiger partial charge < -0.3 is 10.6 Å². The average molecular weight is 221 g/mol. The highest BCUT2D eigenvalue weighted by Crippen LogP contribution is 2.44. The van der Waals surface area contributed by atoms with E-state index in [1.54, 1.807) is 0 Å². The smallest absolute Gasteiger partial charge is 0.233 e. The molecule has 2 aliphatic rings. The number of nitrogens with zero attached hydrogens (tertiary/aromatic N) is 1. The van der Waals surface area contributed by atoms with Gasteiger partial charge in [0.1, 0.15) is 0 Å². The summed E-state index contributed by atoms with van der Waals surface area (Å²) in [7, 11) is 0. The van der Waals surface area contributed by atoms with Gasteiger partial charge in [-0.05, 0) is 37.5 Å². The van der Waals surface area contributed by atoms with Crippen LogP contribution in [0.15, 0.2) is 0 Å². The van der Waals surface area contributed by atoms with Crippen molar-refractivity contribution in [1.29, 1.82) is 5.26 Å². The van der Waals surface area contributed by atoms with Crippen LogP contribution in [0.1, 0.15) is 32.1 Å². The van der Waals surface area contributed by atoms with Gasteiger partial charge in [0.25, 0.3) is 0 Å². The Kier molecular flexibility index (Phi) is 3.79. The van der Waals surface area contributed by atoms with Crippen molar-refractivity contribution >= 4 is 5.91 Å². The van der Waals surface area contributed by atoms with Gasteiger partial charge in [-0.3, -0.25) is 4.79 Å². The van der Waals surface area contributed by atoms with E-state index in [0.717, 1.165) is 11.8 Å². The normalized spacial score (nSPS) is 19.5. The quantitative estimate of drug-likeness (QED) is 0.625. The van der Waals surface area contributed by atoms with Crippen molar-refractivity contribution in [2.24, 2.45) is 11.8 Å². The Morgan fingerprint density at radius 1 is 1.31 bits per heavy atom. The largest absolute Gasteiger partial charge is 0.354 e. The van der Waals surface area contributed by atoms with Gasteiger partial charge in [0.05, 0.1) is 19.0 Å². The first kappa shape index (κ1) is 11.4. The lowest BCUT2D eigenvalue weighted by molar-refractivity contribution is -0.120. The van der Waals surface area contributed by atoms with Crippen molar-refractivity contribution in [3.05, 3.63) is 0 Å². The fourth-order valence-corrected chi connectivity index (χ4v) is 2.16. The van der Waals surface area contributed by atoms with Crippen molar-refractivity contribution < 1.29 is 4.79 Å². The third kappa shape index (κ3) is 3.49. The minimum Gasteiger partial charge on any atom is -0.354 e. The summed E-state index contributed by atoms with van der Waals surface area (Å²) in [6.07, 6.45) is 5.68. The van der Waals surface area contributed by atoms with E-state index in [0.29, 0.717) is 25.6 Å². The maximum absolute atomic E-state index is 11.4. The first-order valence-electron chi connectivity index (χ1n) is 6.18. The Labute approximate surface area is 96.4 Å². The summed E-state index contributed by atoms with van der Waals surface area (Å²) in [6, 6.07) is 2.58. The lowest BCUT2D eigenvalue weighted by Gasteiger charge is -2.17. The molecule has 0 saturated heterocycles. The van der Waals surface area contributed by atoms with E-state index in [1.165, 1.54) is 25.7 Å². The fourth-order valence-electron chi connectivity index (χ4n) is 2.16. The van der Waals surface area contributed by atoms with E-state index in [9.17, 15) is 4.79 Å². The summed E-state index contributed by atoms with van der Waals surface area (Å²) in [5.41, 5.74) is 0. The first-order chi connectivity index (χ1) is 7.81. The molecule has 88 valence electrons. The molecule has 16 heavy (non-hydrogen) atoms. The molecule has 0 aromatic rings. The van der Waals surface area contributed by atoms with Crippen LogP contribution in [0.25, 0.3) is 0 Å². The van der Waals surface area contributed by atoms with Crippen molar-refractivity contribution in [2.45, 2.75) is 38.1 Å². The van der Waals surface area contributed by atoms with Crippen LogP contribution in [0.2, 0.25) is 0 Å². The minimum atomic E-state index is 0.0153. The van der Waals surface area contributed by atoms with Crippen LogP contribution in [-0.4, -0.2) is 25.0 Å². The van der Waals surface area contributed by atoms with Crippen LogP contribution in [0.3, 0.4) is 0 Å². The number of rotatable bonds is 7. The monoisotopic (exact) mass is 221 g/mol. The van der Waals surface area contributed by atoms with E-state index in [-0.39, 0.29) is 5.91 Å². The number of hydrogen-bond acceptors (Lipinski definition) is 3.